The van der Waals surface area contributed by atoms with E-state index in [0.29, 0.717) is 32.4 Å². The summed E-state index contributed by atoms with van der Waals surface area (Å²) in [6.45, 7) is 32.4. The summed E-state index contributed by atoms with van der Waals surface area (Å²) < 4.78 is 43.5. The maximum absolute atomic E-state index is 13.0. The normalized spacial score (nSPS) is 12.9. The molecule has 0 aliphatic carbocycles. The molecule has 3 aromatic rings. The van der Waals surface area contributed by atoms with E-state index in [9.17, 15) is 47.9 Å². The molecule has 0 saturated heterocycles. The molecular weight excluding hydrogens is 1200 g/mol. The first-order valence-corrected chi connectivity index (χ1v) is 31.2. The van der Waals surface area contributed by atoms with Crippen LogP contribution in [-0.2, 0) is 79.9 Å². The van der Waals surface area contributed by atoms with E-state index in [1.54, 1.807) is 104 Å². The Kier molecular flexibility index (Phi) is 35.5. The van der Waals surface area contributed by atoms with Crippen LogP contribution in [0.3, 0.4) is 0 Å². The van der Waals surface area contributed by atoms with Crippen molar-refractivity contribution in [3.63, 3.8) is 0 Å². The lowest BCUT2D eigenvalue weighted by atomic mass is 10.1. The summed E-state index contributed by atoms with van der Waals surface area (Å²) in [5.74, 6) is -3.35. The number of amides is 5. The molecule has 5 amide bonds. The molecule has 1 heterocycles. The van der Waals surface area contributed by atoms with Gasteiger partial charge < -0.3 is 70.2 Å². The number of nitrogens with zero attached hydrogens (tertiary/aromatic N) is 2. The molecule has 0 unspecified atom stereocenters. The van der Waals surface area contributed by atoms with Crippen molar-refractivity contribution < 1.29 is 85.8 Å². The second-order valence-corrected chi connectivity index (χ2v) is 27.7. The second kappa shape index (κ2) is 40.0. The molecule has 0 saturated carbocycles. The van der Waals surface area contributed by atoms with Gasteiger partial charge in [-0.1, -0.05) is 60.7 Å². The molecule has 0 aliphatic rings. The average molecular weight is 1310 g/mol. The number of alkyl carbamates (subject to hydrolysis) is 2. The number of hydrogen-bond acceptors (Lipinski definition) is 20. The number of esters is 6. The topological polar surface area (TPSA) is 349 Å². The van der Waals surface area contributed by atoms with Gasteiger partial charge in [-0.2, -0.15) is 0 Å². The van der Waals surface area contributed by atoms with Crippen LogP contribution in [-0.4, -0.2) is 140 Å². The summed E-state index contributed by atoms with van der Waals surface area (Å²) in [5.41, 5.74) is 3.41. The summed E-state index contributed by atoms with van der Waals surface area (Å²) in [6.07, 6.45) is 6.17. The highest BCUT2D eigenvalue weighted by Crippen LogP contribution is 2.18. The molecule has 4 atom stereocenters. The Bertz CT molecular complexity index is 2770. The van der Waals surface area contributed by atoms with E-state index in [4.69, 9.17) is 43.6 Å². The minimum absolute atomic E-state index is 0.0224. The first-order chi connectivity index (χ1) is 42.9. The summed E-state index contributed by atoms with van der Waals surface area (Å²) >= 11 is 0. The number of hydrogen-bond donors (Lipinski definition) is 6. The largest absolute Gasteiger partial charge is 0.460 e. The lowest BCUT2D eigenvalue weighted by Crippen LogP contribution is -2.53. The number of benzene rings is 2. The van der Waals surface area contributed by atoms with Gasteiger partial charge in [0.2, 0.25) is 0 Å². The van der Waals surface area contributed by atoms with Crippen molar-refractivity contribution in [2.75, 3.05) is 13.1 Å². The van der Waals surface area contributed by atoms with Crippen molar-refractivity contribution in [2.24, 2.45) is 5.73 Å². The van der Waals surface area contributed by atoms with Gasteiger partial charge in [0, 0.05) is 38.3 Å². The predicted octanol–water partition coefficient (Wildman–Crippen LogP) is 9.95. The number of imidazole rings is 1. The third-order valence-corrected chi connectivity index (χ3v) is 11.4. The smallest absolute Gasteiger partial charge is 0.407 e. The van der Waals surface area contributed by atoms with Gasteiger partial charge in [-0.25, -0.2) is 38.5 Å². The van der Waals surface area contributed by atoms with Gasteiger partial charge >= 0.3 is 60.1 Å². The fourth-order valence-corrected chi connectivity index (χ4v) is 7.52. The molecular formula is C67H106N8O18. The standard InChI is InChI=1S/C32H51N3O9.C18H28N2O4.C17H27N3O5/c1-30(2,3)42-25(36)19-18-24(27(38)44-32(7,8)9)35-28(39)34-23(26(37)43-31(4,5)6)17-13-14-20-33-29(40)41-21-22-15-11-10-12-16-22;1-18(2,3)24-16(21)15(19)11-7-8-12-20-17(22)23-13-14-9-5-4-6-10-14;1-16(2,3)24-13(21)8-7-12(14(22)25-17(4,5)6)19-15(23)20-10-9-18-11-20/h10-12,15-16,23-24H,13-14,17-21H2,1-9H3,(H,33,40)(H2,34,35,39);4-6,9-10,15H,7-8,11-13,19H2,1-3H3,(H,20,22);9-12H,7-8H2,1-6H3,(H,19,23)/t23-,24-;15-;12-/m000/s1. The Morgan fingerprint density at radius 2 is 0.785 bits per heavy atom. The van der Waals surface area contributed by atoms with Crippen molar-refractivity contribution in [1.29, 1.82) is 0 Å². The predicted molar refractivity (Wildman–Crippen MR) is 348 cm³/mol. The van der Waals surface area contributed by atoms with Gasteiger partial charge in [-0.15, -0.1) is 0 Å². The summed E-state index contributed by atoms with van der Waals surface area (Å²) in [5, 5.41) is 13.0. The van der Waals surface area contributed by atoms with Crippen molar-refractivity contribution in [3.05, 3.63) is 90.5 Å². The first-order valence-electron chi connectivity index (χ1n) is 31.2. The Balaban J connectivity index is 0.000000750. The molecule has 1 aromatic heterocycles. The number of unbranched alkanes of at least 4 members (excludes halogenated alkanes) is 2. The Morgan fingerprint density at radius 3 is 1.14 bits per heavy atom. The van der Waals surface area contributed by atoms with Crippen LogP contribution in [0.5, 0.6) is 0 Å². The van der Waals surface area contributed by atoms with Crippen LogP contribution in [0.1, 0.15) is 200 Å². The van der Waals surface area contributed by atoms with Gasteiger partial charge in [0.25, 0.3) is 0 Å². The van der Waals surface area contributed by atoms with E-state index in [1.807, 2.05) is 81.4 Å². The number of carbonyl (C=O) groups is 10. The van der Waals surface area contributed by atoms with E-state index in [0.717, 1.165) is 24.0 Å². The van der Waals surface area contributed by atoms with E-state index in [2.05, 4.69) is 31.6 Å². The fourth-order valence-electron chi connectivity index (χ4n) is 7.52. The highest BCUT2D eigenvalue weighted by Gasteiger charge is 2.33. The third kappa shape index (κ3) is 44.0. The molecule has 522 valence electrons. The quantitative estimate of drug-likeness (QED) is 0.0235. The average Bonchev–Trinajstić information content (AvgIpc) is 3.59. The molecule has 7 N–H and O–H groups in total. The van der Waals surface area contributed by atoms with Crippen molar-refractivity contribution in [3.8, 4) is 0 Å². The van der Waals surface area contributed by atoms with Crippen LogP contribution in [0.4, 0.5) is 19.2 Å². The molecule has 0 spiro atoms. The zero-order valence-corrected chi connectivity index (χ0v) is 58.0. The Morgan fingerprint density at radius 1 is 0.441 bits per heavy atom. The maximum Gasteiger partial charge on any atom is 0.407 e. The summed E-state index contributed by atoms with van der Waals surface area (Å²) in [6, 6.07) is 13.6. The van der Waals surface area contributed by atoms with Crippen molar-refractivity contribution >= 4 is 60.1 Å². The van der Waals surface area contributed by atoms with Crippen molar-refractivity contribution in [2.45, 2.75) is 260 Å². The van der Waals surface area contributed by atoms with Crippen LogP contribution < -0.4 is 32.3 Å². The van der Waals surface area contributed by atoms with Gasteiger partial charge in [0.1, 0.15) is 77.3 Å². The zero-order chi connectivity index (χ0) is 70.8. The Hall–Kier alpha value is -8.29. The lowest BCUT2D eigenvalue weighted by molar-refractivity contribution is -0.160. The SMILES string of the molecule is CC(C)(C)OC(=O)CC[C@H](NC(=O)N[C@@H](CCCCNC(=O)OCc1ccccc1)C(=O)OC(C)(C)C)C(=O)OC(C)(C)C.CC(C)(C)OC(=O)CC[C@H](NC(=O)n1ccnc1)C(=O)OC(C)(C)C.CC(C)(C)OC(=O)[C@@H](N)CCCCNC(=O)OCc1ccccc1. The van der Waals surface area contributed by atoms with Crippen LogP contribution >= 0.6 is 0 Å². The monoisotopic (exact) mass is 1310 g/mol. The molecule has 2 aromatic carbocycles. The van der Waals surface area contributed by atoms with E-state index >= 15 is 0 Å². The van der Waals surface area contributed by atoms with Crippen LogP contribution in [0.2, 0.25) is 0 Å². The number of aromatic nitrogens is 2. The molecule has 26 nitrogen and oxygen atoms in total. The minimum Gasteiger partial charge on any atom is -0.460 e. The van der Waals surface area contributed by atoms with E-state index in [1.165, 1.54) is 23.3 Å². The number of nitrogens with two attached hydrogens (primary N) is 1. The van der Waals surface area contributed by atoms with Crippen molar-refractivity contribution in [1.82, 2.24) is 36.1 Å². The van der Waals surface area contributed by atoms with Gasteiger partial charge in [0.05, 0.1) is 0 Å². The first kappa shape index (κ1) is 82.7. The summed E-state index contributed by atoms with van der Waals surface area (Å²) in [4.78, 5) is 127. The number of rotatable bonds is 27. The lowest BCUT2D eigenvalue weighted by Gasteiger charge is -2.27. The van der Waals surface area contributed by atoms with E-state index in [-0.39, 0.29) is 45.3 Å². The van der Waals surface area contributed by atoms with Gasteiger partial charge in [-0.05, 0) is 187 Å². The Labute approximate surface area is 549 Å². The summed E-state index contributed by atoms with van der Waals surface area (Å²) in [7, 11) is 0. The minimum atomic E-state index is -1.17. The molecule has 0 radical (unpaired) electrons. The molecule has 0 fully saturated rings. The van der Waals surface area contributed by atoms with Gasteiger partial charge in [-0.3, -0.25) is 19.0 Å². The molecule has 26 heteroatoms. The number of urea groups is 1. The van der Waals surface area contributed by atoms with Crippen LogP contribution in [0.25, 0.3) is 0 Å². The maximum atomic E-state index is 13.0. The molecule has 3 rings (SSSR count). The van der Waals surface area contributed by atoms with Crippen LogP contribution in [0, 0.1) is 0 Å². The zero-order valence-electron chi connectivity index (χ0n) is 58.0. The van der Waals surface area contributed by atoms with Crippen LogP contribution in [0.15, 0.2) is 79.4 Å². The highest BCUT2D eigenvalue weighted by atomic mass is 16.6. The fraction of sp³-hybridized carbons (Fsp3) is 0.627. The highest BCUT2D eigenvalue weighted by molar-refractivity contribution is 5.88. The van der Waals surface area contributed by atoms with E-state index < -0.39 is 118 Å². The number of carbonyl (C=O) groups excluding carboxylic acids is 10. The molecule has 0 aliphatic heterocycles. The number of nitrogens with one attached hydrogen (secondary N) is 5. The molecule has 93 heavy (non-hydrogen) atoms. The molecule has 0 bridgehead atoms. The third-order valence-electron chi connectivity index (χ3n) is 11.4. The second-order valence-electron chi connectivity index (χ2n) is 27.7. The number of ether oxygens (including phenoxy) is 8. The van der Waals surface area contributed by atoms with Gasteiger partial charge in [0.15, 0.2) is 0 Å².